The summed E-state index contributed by atoms with van der Waals surface area (Å²) in [6.07, 6.45) is 0.800. The number of hydrogen-bond acceptors (Lipinski definition) is 7. The molecule has 1 aliphatic rings. The third-order valence-electron chi connectivity index (χ3n) is 6.72. The highest BCUT2D eigenvalue weighted by Crippen LogP contribution is 2.45. The van der Waals surface area contributed by atoms with Gasteiger partial charge in [0, 0.05) is 5.56 Å². The average molecular weight is 581 g/mol. The standard InChI is InChI=1S/C33H25FN2O5S/c1-2-16-40-24-12-7-9-21(18-24)30(37)28-29(20-8-6-13-25(17-20)41-23-10-4-3-5-11-23)36(32(39)31(28)38)33-35-26-15-14-22(34)19-27(26)42-33/h3-15,17-19,29,37H,2,16H2,1H3/b30-28+. The van der Waals surface area contributed by atoms with Crippen LogP contribution in [0, 0.1) is 5.82 Å². The Morgan fingerprint density at radius 3 is 2.50 bits per heavy atom. The number of carbonyl (C=O) groups is 2. The van der Waals surface area contributed by atoms with Gasteiger partial charge in [0.05, 0.1) is 28.4 Å². The number of ketones is 1. The van der Waals surface area contributed by atoms with Gasteiger partial charge in [-0.1, -0.05) is 60.7 Å². The van der Waals surface area contributed by atoms with Gasteiger partial charge in [-0.2, -0.15) is 0 Å². The van der Waals surface area contributed by atoms with Crippen molar-refractivity contribution < 1.29 is 28.6 Å². The van der Waals surface area contributed by atoms with E-state index in [-0.39, 0.29) is 16.5 Å². The number of nitrogens with zero attached hydrogens (tertiary/aromatic N) is 2. The molecule has 1 aromatic heterocycles. The quantitative estimate of drug-likeness (QED) is 0.115. The molecule has 0 aliphatic carbocycles. The monoisotopic (exact) mass is 580 g/mol. The molecule has 1 aliphatic heterocycles. The second-order valence-corrected chi connectivity index (χ2v) is 10.7. The van der Waals surface area contributed by atoms with Crippen molar-refractivity contribution >= 4 is 44.1 Å². The minimum Gasteiger partial charge on any atom is -0.507 e. The molecule has 1 fully saturated rings. The van der Waals surface area contributed by atoms with E-state index in [1.807, 2.05) is 37.3 Å². The van der Waals surface area contributed by atoms with Gasteiger partial charge in [-0.05, 0) is 66.6 Å². The molecule has 4 aromatic carbocycles. The van der Waals surface area contributed by atoms with Crippen molar-refractivity contribution in [2.45, 2.75) is 19.4 Å². The van der Waals surface area contributed by atoms with Crippen molar-refractivity contribution in [3.63, 3.8) is 0 Å². The molecule has 1 amide bonds. The summed E-state index contributed by atoms with van der Waals surface area (Å²) >= 11 is 1.09. The second kappa shape index (κ2) is 11.5. The van der Waals surface area contributed by atoms with E-state index >= 15 is 0 Å². The molecular formula is C33H25FN2O5S. The number of hydrogen-bond donors (Lipinski definition) is 1. The Morgan fingerprint density at radius 1 is 0.929 bits per heavy atom. The highest BCUT2D eigenvalue weighted by atomic mass is 32.1. The van der Waals surface area contributed by atoms with Gasteiger partial charge in [-0.15, -0.1) is 0 Å². The molecule has 2 heterocycles. The van der Waals surface area contributed by atoms with Crippen LogP contribution in [-0.2, 0) is 9.59 Å². The fourth-order valence-corrected chi connectivity index (χ4v) is 5.83. The van der Waals surface area contributed by atoms with Gasteiger partial charge in [-0.25, -0.2) is 9.37 Å². The number of anilines is 1. The highest BCUT2D eigenvalue weighted by molar-refractivity contribution is 7.22. The molecule has 1 N–H and O–H groups in total. The molecule has 0 radical (unpaired) electrons. The predicted octanol–water partition coefficient (Wildman–Crippen LogP) is 7.64. The highest BCUT2D eigenvalue weighted by Gasteiger charge is 2.48. The number of fused-ring (bicyclic) bond motifs is 1. The fourth-order valence-electron chi connectivity index (χ4n) is 4.82. The molecule has 1 atom stereocenters. The molecule has 0 saturated carbocycles. The van der Waals surface area contributed by atoms with Crippen LogP contribution in [-0.4, -0.2) is 28.4 Å². The smallest absolute Gasteiger partial charge is 0.301 e. The lowest BCUT2D eigenvalue weighted by Gasteiger charge is -2.23. The number of thiazole rings is 1. The number of aliphatic hydroxyl groups excluding tert-OH is 1. The number of ether oxygens (including phenoxy) is 2. The van der Waals surface area contributed by atoms with Crippen LogP contribution in [0.3, 0.4) is 0 Å². The van der Waals surface area contributed by atoms with Crippen LogP contribution in [0.4, 0.5) is 9.52 Å². The lowest BCUT2D eigenvalue weighted by molar-refractivity contribution is -0.132. The number of aromatic nitrogens is 1. The molecule has 42 heavy (non-hydrogen) atoms. The predicted molar refractivity (Wildman–Crippen MR) is 160 cm³/mol. The zero-order chi connectivity index (χ0) is 29.2. The van der Waals surface area contributed by atoms with Crippen LogP contribution >= 0.6 is 11.3 Å². The first-order valence-electron chi connectivity index (χ1n) is 13.4. The van der Waals surface area contributed by atoms with E-state index in [2.05, 4.69) is 4.98 Å². The van der Waals surface area contributed by atoms with Gasteiger partial charge >= 0.3 is 5.91 Å². The number of amides is 1. The van der Waals surface area contributed by atoms with Crippen molar-refractivity contribution in [3.05, 3.63) is 120 Å². The molecule has 1 saturated heterocycles. The molecule has 6 rings (SSSR count). The van der Waals surface area contributed by atoms with Gasteiger partial charge in [0.1, 0.15) is 28.8 Å². The lowest BCUT2D eigenvalue weighted by Crippen LogP contribution is -2.29. The van der Waals surface area contributed by atoms with Crippen molar-refractivity contribution in [3.8, 4) is 17.2 Å². The minimum atomic E-state index is -1.03. The number of benzene rings is 4. The maximum atomic E-state index is 14.0. The van der Waals surface area contributed by atoms with Crippen molar-refractivity contribution in [1.29, 1.82) is 0 Å². The molecular weight excluding hydrogens is 555 g/mol. The van der Waals surface area contributed by atoms with Gasteiger partial charge in [0.2, 0.25) is 0 Å². The van der Waals surface area contributed by atoms with Crippen LogP contribution in [0.2, 0.25) is 0 Å². The van der Waals surface area contributed by atoms with E-state index in [1.54, 1.807) is 48.5 Å². The van der Waals surface area contributed by atoms with Crippen LogP contribution in [0.1, 0.15) is 30.5 Å². The Labute approximate surface area is 245 Å². The summed E-state index contributed by atoms with van der Waals surface area (Å²) in [4.78, 5) is 33.1. The normalized spacial score (nSPS) is 16.2. The van der Waals surface area contributed by atoms with Gasteiger partial charge < -0.3 is 14.6 Å². The zero-order valence-corrected chi connectivity index (χ0v) is 23.3. The van der Waals surface area contributed by atoms with Crippen molar-refractivity contribution in [2.75, 3.05) is 11.5 Å². The zero-order valence-electron chi connectivity index (χ0n) is 22.5. The van der Waals surface area contributed by atoms with Crippen LogP contribution in [0.25, 0.3) is 16.0 Å². The third-order valence-corrected chi connectivity index (χ3v) is 7.74. The van der Waals surface area contributed by atoms with E-state index < -0.39 is 23.5 Å². The fraction of sp³-hybridized carbons (Fsp3) is 0.121. The number of rotatable bonds is 8. The van der Waals surface area contributed by atoms with Crippen LogP contribution in [0.15, 0.2) is 103 Å². The van der Waals surface area contributed by atoms with E-state index in [4.69, 9.17) is 9.47 Å². The summed E-state index contributed by atoms with van der Waals surface area (Å²) in [6.45, 7) is 2.47. The van der Waals surface area contributed by atoms with Crippen molar-refractivity contribution in [1.82, 2.24) is 4.98 Å². The summed E-state index contributed by atoms with van der Waals surface area (Å²) in [5, 5.41) is 11.8. The molecule has 0 bridgehead atoms. The summed E-state index contributed by atoms with van der Waals surface area (Å²) < 4.78 is 26.2. The van der Waals surface area contributed by atoms with Crippen molar-refractivity contribution in [2.24, 2.45) is 0 Å². The number of carbonyl (C=O) groups excluding carboxylic acids is 2. The largest absolute Gasteiger partial charge is 0.507 e. The first-order chi connectivity index (χ1) is 20.4. The van der Waals surface area contributed by atoms with Crippen LogP contribution < -0.4 is 14.4 Å². The number of para-hydroxylation sites is 1. The Balaban J connectivity index is 1.50. The topological polar surface area (TPSA) is 89.0 Å². The molecule has 9 heteroatoms. The molecule has 7 nitrogen and oxygen atoms in total. The van der Waals surface area contributed by atoms with Gasteiger partial charge in [-0.3, -0.25) is 14.5 Å². The lowest BCUT2D eigenvalue weighted by atomic mass is 9.95. The third kappa shape index (κ3) is 5.22. The first-order valence-corrected chi connectivity index (χ1v) is 14.2. The van der Waals surface area contributed by atoms with E-state index in [0.29, 0.717) is 45.2 Å². The van der Waals surface area contributed by atoms with E-state index in [9.17, 15) is 19.1 Å². The second-order valence-electron chi connectivity index (χ2n) is 9.64. The number of aliphatic hydroxyl groups is 1. The summed E-state index contributed by atoms with van der Waals surface area (Å²) in [5.41, 5.74) is 1.23. The molecule has 1 unspecified atom stereocenters. The van der Waals surface area contributed by atoms with E-state index in [1.165, 1.54) is 23.1 Å². The van der Waals surface area contributed by atoms with Gasteiger partial charge in [0.15, 0.2) is 5.13 Å². The van der Waals surface area contributed by atoms with E-state index in [0.717, 1.165) is 17.8 Å². The molecule has 210 valence electrons. The Hall–Kier alpha value is -5.02. The van der Waals surface area contributed by atoms with Crippen LogP contribution in [0.5, 0.6) is 17.2 Å². The average Bonchev–Trinajstić information content (AvgIpc) is 3.53. The SMILES string of the molecule is CCCOc1cccc(/C(O)=C2\C(=O)C(=O)N(c3nc4ccc(F)cc4s3)C2c2cccc(Oc3ccccc3)c2)c1. The molecule has 5 aromatic rings. The summed E-state index contributed by atoms with van der Waals surface area (Å²) in [7, 11) is 0. The number of halogens is 1. The summed E-state index contributed by atoms with van der Waals surface area (Å²) in [5.74, 6) is -0.882. The Kier molecular flexibility index (Phi) is 7.41. The first kappa shape index (κ1) is 27.2. The minimum absolute atomic E-state index is 0.102. The Bertz CT molecular complexity index is 1840. The summed E-state index contributed by atoms with van der Waals surface area (Å²) in [6, 6.07) is 26.0. The maximum Gasteiger partial charge on any atom is 0.301 e. The van der Waals surface area contributed by atoms with Gasteiger partial charge in [0.25, 0.3) is 5.78 Å². The Morgan fingerprint density at radius 2 is 1.69 bits per heavy atom. The number of Topliss-reactive ketones (excluding diaryl/α,β-unsaturated/α-hetero) is 1. The maximum absolute atomic E-state index is 14.0. The molecule has 0 spiro atoms.